The third kappa shape index (κ3) is 4.35. The third-order valence-electron chi connectivity index (χ3n) is 5.35. The summed E-state index contributed by atoms with van der Waals surface area (Å²) in [4.78, 5) is 26.1. The Morgan fingerprint density at radius 3 is 2.65 bits per heavy atom. The minimum absolute atomic E-state index is 0.0840. The van der Waals surface area contributed by atoms with Crippen molar-refractivity contribution in [3.05, 3.63) is 75.5 Å². The fourth-order valence-electron chi connectivity index (χ4n) is 3.71. The van der Waals surface area contributed by atoms with E-state index in [0.717, 1.165) is 7.11 Å². The second kappa shape index (κ2) is 8.20. The molecule has 2 aromatic carbocycles. The molecule has 2 heterocycles. The van der Waals surface area contributed by atoms with E-state index < -0.39 is 21.8 Å². The molecule has 1 amide bonds. The lowest BCUT2D eigenvalue weighted by atomic mass is 9.98. The number of likely N-dealkylation sites (tertiary alicyclic amines) is 1. The second-order valence-electron chi connectivity index (χ2n) is 7.50. The fourth-order valence-corrected chi connectivity index (χ4v) is 4.64. The van der Waals surface area contributed by atoms with Gasteiger partial charge < -0.3 is 4.90 Å². The van der Waals surface area contributed by atoms with Crippen LogP contribution >= 0.6 is 0 Å². The summed E-state index contributed by atoms with van der Waals surface area (Å²) in [5.74, 6) is -1.57. The number of aromatic nitrogens is 2. The Balaban J connectivity index is 1.53. The van der Waals surface area contributed by atoms with Gasteiger partial charge in [-0.3, -0.25) is 13.8 Å². The van der Waals surface area contributed by atoms with E-state index in [4.69, 9.17) is 0 Å². The topological polar surface area (TPSA) is 109 Å². The van der Waals surface area contributed by atoms with Gasteiger partial charge in [0.25, 0.3) is 21.6 Å². The number of aromatic amines is 1. The maximum atomic E-state index is 14.4. The van der Waals surface area contributed by atoms with Gasteiger partial charge in [-0.1, -0.05) is 24.3 Å². The Kier molecular flexibility index (Phi) is 5.59. The number of nitrogens with one attached hydrogen (secondary N) is 1. The number of fused-ring (bicyclic) bond motifs is 1. The zero-order chi connectivity index (χ0) is 22.2. The van der Waals surface area contributed by atoms with Crippen molar-refractivity contribution in [2.24, 2.45) is 5.92 Å². The fraction of sp³-hybridized carbons (Fsp3) is 0.286. The van der Waals surface area contributed by atoms with Crippen molar-refractivity contribution in [1.29, 1.82) is 0 Å². The van der Waals surface area contributed by atoms with Gasteiger partial charge in [-0.25, -0.2) is 9.49 Å². The first kappa shape index (κ1) is 21.1. The van der Waals surface area contributed by atoms with Crippen molar-refractivity contribution in [3.63, 3.8) is 0 Å². The average Bonchev–Trinajstić information content (AvgIpc) is 2.73. The lowest BCUT2D eigenvalue weighted by Crippen LogP contribution is -2.52. The molecule has 4 rings (SSSR count). The highest BCUT2D eigenvalue weighted by molar-refractivity contribution is 7.86. The Morgan fingerprint density at radius 1 is 1.23 bits per heavy atom. The van der Waals surface area contributed by atoms with Crippen LogP contribution in [0.2, 0.25) is 0 Å². The lowest BCUT2D eigenvalue weighted by molar-refractivity contribution is 0.0526. The SMILES string of the molecule is COS(=O)(=O)CC1CN(C(=O)c2cc(Cc3n[nH]c(=O)c4ccccc34)ccc2F)C1. The number of nitrogens with zero attached hydrogens (tertiary/aromatic N) is 2. The summed E-state index contributed by atoms with van der Waals surface area (Å²) in [7, 11) is -2.51. The van der Waals surface area contributed by atoms with Crippen molar-refractivity contribution < 1.29 is 21.8 Å². The van der Waals surface area contributed by atoms with E-state index in [1.54, 1.807) is 30.3 Å². The van der Waals surface area contributed by atoms with Crippen molar-refractivity contribution >= 4 is 26.8 Å². The Labute approximate surface area is 177 Å². The summed E-state index contributed by atoms with van der Waals surface area (Å²) in [5, 5.41) is 7.77. The minimum Gasteiger partial charge on any atom is -0.338 e. The lowest BCUT2D eigenvalue weighted by Gasteiger charge is -2.38. The van der Waals surface area contributed by atoms with Crippen LogP contribution in [0.15, 0.2) is 47.3 Å². The molecular weight excluding hydrogens is 425 g/mol. The van der Waals surface area contributed by atoms with Gasteiger partial charge in [0.2, 0.25) is 0 Å². The van der Waals surface area contributed by atoms with Crippen LogP contribution in [-0.2, 0) is 20.7 Å². The number of H-pyrrole nitrogens is 1. The van der Waals surface area contributed by atoms with Crippen molar-refractivity contribution in [3.8, 4) is 0 Å². The molecule has 10 heteroatoms. The second-order valence-corrected chi connectivity index (χ2v) is 9.29. The first-order valence-corrected chi connectivity index (χ1v) is 11.2. The van der Waals surface area contributed by atoms with Gasteiger partial charge in [0.05, 0.1) is 29.5 Å². The van der Waals surface area contributed by atoms with Crippen molar-refractivity contribution in [2.75, 3.05) is 26.0 Å². The zero-order valence-corrected chi connectivity index (χ0v) is 17.5. The number of hydrogen-bond acceptors (Lipinski definition) is 6. The number of halogens is 1. The summed E-state index contributed by atoms with van der Waals surface area (Å²) in [6.07, 6.45) is 0.298. The van der Waals surface area contributed by atoms with E-state index in [1.807, 2.05) is 0 Å². The number of carbonyl (C=O) groups is 1. The van der Waals surface area contributed by atoms with Crippen LogP contribution in [0.1, 0.15) is 21.6 Å². The van der Waals surface area contributed by atoms with Gasteiger partial charge in [0, 0.05) is 30.8 Å². The van der Waals surface area contributed by atoms with Crippen LogP contribution in [0, 0.1) is 11.7 Å². The van der Waals surface area contributed by atoms with Gasteiger partial charge in [0.15, 0.2) is 0 Å². The smallest absolute Gasteiger partial charge is 0.272 e. The first-order valence-electron chi connectivity index (χ1n) is 9.59. The van der Waals surface area contributed by atoms with Crippen LogP contribution in [0.4, 0.5) is 4.39 Å². The quantitative estimate of drug-likeness (QED) is 0.579. The molecule has 8 nitrogen and oxygen atoms in total. The molecule has 0 spiro atoms. The van der Waals surface area contributed by atoms with Gasteiger partial charge in [-0.2, -0.15) is 13.5 Å². The predicted molar refractivity (Wildman–Crippen MR) is 112 cm³/mol. The number of amides is 1. The van der Waals surface area contributed by atoms with Gasteiger partial charge in [-0.15, -0.1) is 0 Å². The zero-order valence-electron chi connectivity index (χ0n) is 16.7. The van der Waals surface area contributed by atoms with Gasteiger partial charge in [0.1, 0.15) is 5.82 Å². The molecule has 0 atom stereocenters. The number of carbonyl (C=O) groups excluding carboxylic acids is 1. The summed E-state index contributed by atoms with van der Waals surface area (Å²) < 4.78 is 41.9. The van der Waals surface area contributed by atoms with Crippen LogP contribution in [0.25, 0.3) is 10.8 Å². The number of benzene rings is 2. The molecule has 162 valence electrons. The minimum atomic E-state index is -3.61. The highest BCUT2D eigenvalue weighted by Crippen LogP contribution is 2.24. The summed E-state index contributed by atoms with van der Waals surface area (Å²) >= 11 is 0. The van der Waals surface area contributed by atoms with E-state index in [0.29, 0.717) is 28.5 Å². The molecule has 1 aliphatic rings. The standard InChI is InChI=1S/C21H20FN3O5S/c1-30-31(28,29)12-14-10-25(11-14)21(27)17-8-13(6-7-18(17)22)9-19-15-4-2-3-5-16(15)20(26)24-23-19/h2-8,14H,9-12H2,1H3,(H,24,26). The van der Waals surface area contributed by atoms with Crippen LogP contribution < -0.4 is 5.56 Å². The van der Waals surface area contributed by atoms with Crippen molar-refractivity contribution in [2.45, 2.75) is 6.42 Å². The Bertz CT molecular complexity index is 1320. The van der Waals surface area contributed by atoms with E-state index in [9.17, 15) is 22.4 Å². The molecule has 0 unspecified atom stereocenters. The third-order valence-corrected chi connectivity index (χ3v) is 6.73. The highest BCUT2D eigenvalue weighted by atomic mass is 32.2. The first-order chi connectivity index (χ1) is 14.8. The Morgan fingerprint density at radius 2 is 1.94 bits per heavy atom. The molecule has 1 fully saturated rings. The molecule has 3 aromatic rings. The number of rotatable bonds is 6. The summed E-state index contributed by atoms with van der Waals surface area (Å²) in [6.45, 7) is 0.439. The largest absolute Gasteiger partial charge is 0.338 e. The Hall–Kier alpha value is -3.11. The average molecular weight is 445 g/mol. The molecule has 0 aliphatic carbocycles. The van der Waals surface area contributed by atoms with Crippen LogP contribution in [-0.4, -0.2) is 55.4 Å². The van der Waals surface area contributed by atoms with E-state index in [2.05, 4.69) is 14.4 Å². The van der Waals surface area contributed by atoms with E-state index in [1.165, 1.54) is 17.0 Å². The molecule has 1 saturated heterocycles. The molecule has 0 saturated carbocycles. The van der Waals surface area contributed by atoms with Crippen molar-refractivity contribution in [1.82, 2.24) is 15.1 Å². The van der Waals surface area contributed by atoms with Crippen LogP contribution in [0.3, 0.4) is 0 Å². The molecule has 1 aliphatic heterocycles. The monoisotopic (exact) mass is 445 g/mol. The molecule has 31 heavy (non-hydrogen) atoms. The molecule has 0 bridgehead atoms. The highest BCUT2D eigenvalue weighted by Gasteiger charge is 2.35. The van der Waals surface area contributed by atoms with Gasteiger partial charge in [-0.05, 0) is 23.8 Å². The van der Waals surface area contributed by atoms with Crippen LogP contribution in [0.5, 0.6) is 0 Å². The van der Waals surface area contributed by atoms with Gasteiger partial charge >= 0.3 is 0 Å². The van der Waals surface area contributed by atoms with E-state index in [-0.39, 0.29) is 35.9 Å². The summed E-state index contributed by atoms with van der Waals surface area (Å²) in [6, 6.07) is 11.3. The summed E-state index contributed by atoms with van der Waals surface area (Å²) in [5.41, 5.74) is 0.888. The predicted octanol–water partition coefficient (Wildman–Crippen LogP) is 1.70. The maximum absolute atomic E-state index is 14.4. The van der Waals surface area contributed by atoms with E-state index >= 15 is 0 Å². The molecule has 1 aromatic heterocycles. The molecule has 0 radical (unpaired) electrons. The normalized spacial score (nSPS) is 14.6. The molecular formula is C21H20FN3O5S. The number of hydrogen-bond donors (Lipinski definition) is 1. The maximum Gasteiger partial charge on any atom is 0.272 e. The molecule has 1 N–H and O–H groups in total.